The van der Waals surface area contributed by atoms with Crippen LogP contribution in [0.1, 0.15) is 38.2 Å². The van der Waals surface area contributed by atoms with Gasteiger partial charge in [-0.25, -0.2) is 0 Å². The van der Waals surface area contributed by atoms with Crippen molar-refractivity contribution in [2.45, 2.75) is 44.6 Å². The SMILES string of the molecule is C[C@]1(O)C[C@@H](C(=O)N2CC3(CC(Cc4ccncc4)C3)C2)C1. The molecular formula is C18H24N2O2. The highest BCUT2D eigenvalue weighted by atomic mass is 16.3. The van der Waals surface area contributed by atoms with Crippen molar-refractivity contribution in [2.75, 3.05) is 13.1 Å². The first-order valence-electron chi connectivity index (χ1n) is 8.35. The lowest BCUT2D eigenvalue weighted by molar-refractivity contribution is -0.171. The molecule has 4 rings (SSSR count). The summed E-state index contributed by atoms with van der Waals surface area (Å²) < 4.78 is 0. The molecule has 22 heavy (non-hydrogen) atoms. The van der Waals surface area contributed by atoms with E-state index in [9.17, 15) is 9.90 Å². The normalized spacial score (nSPS) is 33.0. The lowest BCUT2D eigenvalue weighted by Gasteiger charge is -2.60. The molecule has 1 aromatic heterocycles. The number of likely N-dealkylation sites (tertiary alicyclic amines) is 1. The van der Waals surface area contributed by atoms with Crippen LogP contribution in [0, 0.1) is 17.3 Å². The lowest BCUT2D eigenvalue weighted by Crippen LogP contribution is -2.66. The maximum absolute atomic E-state index is 12.3. The summed E-state index contributed by atoms with van der Waals surface area (Å²) in [6.07, 6.45) is 8.65. The van der Waals surface area contributed by atoms with Crippen LogP contribution in [-0.2, 0) is 11.2 Å². The zero-order valence-corrected chi connectivity index (χ0v) is 13.2. The molecule has 2 heterocycles. The van der Waals surface area contributed by atoms with Crippen molar-refractivity contribution in [3.63, 3.8) is 0 Å². The minimum Gasteiger partial charge on any atom is -0.390 e. The Morgan fingerprint density at radius 3 is 2.50 bits per heavy atom. The highest BCUT2D eigenvalue weighted by Gasteiger charge is 2.55. The Kier molecular flexibility index (Phi) is 3.09. The quantitative estimate of drug-likeness (QED) is 0.929. The van der Waals surface area contributed by atoms with Crippen LogP contribution < -0.4 is 0 Å². The van der Waals surface area contributed by atoms with Gasteiger partial charge < -0.3 is 10.0 Å². The second-order valence-electron chi connectivity index (χ2n) is 8.13. The maximum atomic E-state index is 12.3. The van der Waals surface area contributed by atoms with Crippen LogP contribution in [0.15, 0.2) is 24.5 Å². The molecule has 1 N–H and O–H groups in total. The average Bonchev–Trinajstić information content (AvgIpc) is 2.37. The van der Waals surface area contributed by atoms with E-state index in [0.717, 1.165) is 25.4 Å². The van der Waals surface area contributed by atoms with Gasteiger partial charge in [-0.3, -0.25) is 9.78 Å². The van der Waals surface area contributed by atoms with Gasteiger partial charge in [-0.15, -0.1) is 0 Å². The second-order valence-corrected chi connectivity index (χ2v) is 8.13. The molecule has 3 aliphatic rings. The molecule has 1 aromatic rings. The van der Waals surface area contributed by atoms with E-state index >= 15 is 0 Å². The van der Waals surface area contributed by atoms with E-state index in [0.29, 0.717) is 18.3 Å². The Morgan fingerprint density at radius 2 is 1.91 bits per heavy atom. The van der Waals surface area contributed by atoms with Crippen molar-refractivity contribution in [3.8, 4) is 0 Å². The third-order valence-corrected chi connectivity index (χ3v) is 5.80. The number of aliphatic hydroxyl groups is 1. The fourth-order valence-electron chi connectivity index (χ4n) is 4.77. The van der Waals surface area contributed by atoms with Crippen molar-refractivity contribution in [3.05, 3.63) is 30.1 Å². The summed E-state index contributed by atoms with van der Waals surface area (Å²) in [4.78, 5) is 18.4. The molecule has 0 atom stereocenters. The molecule has 1 spiro atoms. The predicted octanol–water partition coefficient (Wildman–Crippen LogP) is 2.02. The molecule has 4 nitrogen and oxygen atoms in total. The Hall–Kier alpha value is -1.42. The van der Waals surface area contributed by atoms with Gasteiger partial charge in [0.05, 0.1) is 5.60 Å². The van der Waals surface area contributed by atoms with E-state index in [1.807, 2.05) is 24.2 Å². The lowest BCUT2D eigenvalue weighted by atomic mass is 9.56. The van der Waals surface area contributed by atoms with Crippen LogP contribution in [-0.4, -0.2) is 39.6 Å². The minimum atomic E-state index is -0.602. The molecule has 118 valence electrons. The van der Waals surface area contributed by atoms with E-state index in [1.54, 1.807) is 0 Å². The monoisotopic (exact) mass is 300 g/mol. The molecule has 2 saturated carbocycles. The highest BCUT2D eigenvalue weighted by molar-refractivity contribution is 5.81. The number of hydrogen-bond donors (Lipinski definition) is 1. The number of pyridine rings is 1. The fraction of sp³-hybridized carbons (Fsp3) is 0.667. The van der Waals surface area contributed by atoms with Gasteiger partial charge in [0.25, 0.3) is 0 Å². The molecule has 0 unspecified atom stereocenters. The third-order valence-electron chi connectivity index (χ3n) is 5.80. The summed E-state index contributed by atoms with van der Waals surface area (Å²) in [6.45, 7) is 3.71. The largest absolute Gasteiger partial charge is 0.390 e. The first-order chi connectivity index (χ1) is 10.4. The van der Waals surface area contributed by atoms with Crippen LogP contribution in [0.4, 0.5) is 0 Å². The molecule has 3 fully saturated rings. The Morgan fingerprint density at radius 1 is 1.27 bits per heavy atom. The maximum Gasteiger partial charge on any atom is 0.225 e. The first kappa shape index (κ1) is 14.2. The van der Waals surface area contributed by atoms with Crippen molar-refractivity contribution in [1.82, 2.24) is 9.88 Å². The van der Waals surface area contributed by atoms with Crippen LogP contribution in [0.5, 0.6) is 0 Å². The molecule has 2 aliphatic carbocycles. The molecule has 1 saturated heterocycles. The van der Waals surface area contributed by atoms with Gasteiger partial charge in [0.1, 0.15) is 0 Å². The van der Waals surface area contributed by atoms with E-state index in [2.05, 4.69) is 17.1 Å². The van der Waals surface area contributed by atoms with Gasteiger partial charge in [0.2, 0.25) is 5.91 Å². The van der Waals surface area contributed by atoms with Gasteiger partial charge in [-0.05, 0) is 62.6 Å². The Balaban J connectivity index is 1.23. The van der Waals surface area contributed by atoms with Crippen molar-refractivity contribution in [2.24, 2.45) is 17.3 Å². The Labute approximate surface area is 131 Å². The first-order valence-corrected chi connectivity index (χ1v) is 8.35. The average molecular weight is 300 g/mol. The zero-order valence-electron chi connectivity index (χ0n) is 13.2. The van der Waals surface area contributed by atoms with Gasteiger partial charge in [0.15, 0.2) is 0 Å². The molecule has 0 radical (unpaired) electrons. The van der Waals surface area contributed by atoms with Crippen molar-refractivity contribution >= 4 is 5.91 Å². The van der Waals surface area contributed by atoms with Crippen LogP contribution in [0.3, 0.4) is 0 Å². The second kappa shape index (κ2) is 4.79. The molecule has 0 aromatic carbocycles. The van der Waals surface area contributed by atoms with Gasteiger partial charge in [-0.1, -0.05) is 0 Å². The standard InChI is InChI=1S/C18H24N2O2/c1-17(22)9-15(10-17)16(21)20-11-18(12-20)7-14(8-18)6-13-2-4-19-5-3-13/h2-5,14-15,22H,6-12H2,1H3/t15-,17+. The number of aromatic nitrogens is 1. The Bertz CT molecular complexity index is 562. The number of hydrogen-bond acceptors (Lipinski definition) is 3. The van der Waals surface area contributed by atoms with Gasteiger partial charge in [0, 0.05) is 36.8 Å². The molecule has 0 bridgehead atoms. The summed E-state index contributed by atoms with van der Waals surface area (Å²) in [7, 11) is 0. The number of rotatable bonds is 3. The molecule has 1 amide bonds. The molecule has 4 heteroatoms. The van der Waals surface area contributed by atoms with Crippen LogP contribution in [0.25, 0.3) is 0 Å². The van der Waals surface area contributed by atoms with Crippen molar-refractivity contribution < 1.29 is 9.90 Å². The minimum absolute atomic E-state index is 0.0695. The number of nitrogens with zero attached hydrogens (tertiary/aromatic N) is 2. The van der Waals surface area contributed by atoms with Crippen LogP contribution in [0.2, 0.25) is 0 Å². The summed E-state index contributed by atoms with van der Waals surface area (Å²) in [6, 6.07) is 4.20. The summed E-state index contributed by atoms with van der Waals surface area (Å²) in [5, 5.41) is 9.76. The van der Waals surface area contributed by atoms with Gasteiger partial charge >= 0.3 is 0 Å². The third kappa shape index (κ3) is 2.43. The van der Waals surface area contributed by atoms with E-state index in [4.69, 9.17) is 0 Å². The summed E-state index contributed by atoms with van der Waals surface area (Å²) in [5.74, 6) is 1.11. The van der Waals surface area contributed by atoms with E-state index < -0.39 is 5.60 Å². The zero-order chi connectivity index (χ0) is 15.4. The smallest absolute Gasteiger partial charge is 0.225 e. The van der Waals surface area contributed by atoms with E-state index in [-0.39, 0.29) is 11.8 Å². The summed E-state index contributed by atoms with van der Waals surface area (Å²) in [5.41, 5.74) is 1.19. The molecule has 1 aliphatic heterocycles. The van der Waals surface area contributed by atoms with Gasteiger partial charge in [-0.2, -0.15) is 0 Å². The van der Waals surface area contributed by atoms with E-state index in [1.165, 1.54) is 18.4 Å². The number of carbonyl (C=O) groups is 1. The fourth-order valence-corrected chi connectivity index (χ4v) is 4.77. The highest BCUT2D eigenvalue weighted by Crippen LogP contribution is 2.53. The molecular weight excluding hydrogens is 276 g/mol. The topological polar surface area (TPSA) is 53.4 Å². The van der Waals surface area contributed by atoms with Crippen LogP contribution >= 0.6 is 0 Å². The predicted molar refractivity (Wildman–Crippen MR) is 83.0 cm³/mol. The number of carbonyl (C=O) groups excluding carboxylic acids is 1. The number of amides is 1. The summed E-state index contributed by atoms with van der Waals surface area (Å²) >= 11 is 0. The van der Waals surface area contributed by atoms with Crippen molar-refractivity contribution in [1.29, 1.82) is 0 Å².